The van der Waals surface area contributed by atoms with E-state index in [9.17, 15) is 19.5 Å². The first-order chi connectivity index (χ1) is 11.4. The number of carbonyl (C=O) groups is 2. The molecule has 0 radical (unpaired) electrons. The van der Waals surface area contributed by atoms with Crippen molar-refractivity contribution in [2.75, 3.05) is 5.32 Å². The number of rotatable bonds is 2. The van der Waals surface area contributed by atoms with E-state index in [0.29, 0.717) is 23.4 Å². The van der Waals surface area contributed by atoms with Gasteiger partial charge in [-0.05, 0) is 25.5 Å². The number of aryl methyl sites for hydroxylation is 1. The lowest BCUT2D eigenvalue weighted by molar-refractivity contribution is -0.128. The number of aliphatic hydroxyl groups excluding tert-OH is 1. The summed E-state index contributed by atoms with van der Waals surface area (Å²) in [6.07, 6.45) is -0.600. The van der Waals surface area contributed by atoms with E-state index < -0.39 is 12.3 Å². The molecule has 3 N–H and O–H groups in total. The predicted octanol–water partition coefficient (Wildman–Crippen LogP) is 0.433. The molecular formula is C16H18N4O4. The van der Waals surface area contributed by atoms with Gasteiger partial charge in [-0.3, -0.25) is 19.0 Å². The fraction of sp³-hybridized carbons (Fsp3) is 0.375. The molecule has 1 aromatic carbocycles. The zero-order valence-corrected chi connectivity index (χ0v) is 13.4. The summed E-state index contributed by atoms with van der Waals surface area (Å²) in [5.41, 5.74) is 0.483. The molecule has 0 spiro atoms. The van der Waals surface area contributed by atoms with Gasteiger partial charge in [-0.15, -0.1) is 0 Å². The fourth-order valence-corrected chi connectivity index (χ4v) is 3.08. The Morgan fingerprint density at radius 3 is 2.83 bits per heavy atom. The van der Waals surface area contributed by atoms with Gasteiger partial charge in [-0.2, -0.15) is 0 Å². The van der Waals surface area contributed by atoms with Crippen molar-refractivity contribution in [3.63, 3.8) is 0 Å². The van der Waals surface area contributed by atoms with E-state index in [2.05, 4.69) is 15.6 Å². The Morgan fingerprint density at radius 2 is 2.17 bits per heavy atom. The molecule has 126 valence electrons. The minimum atomic E-state index is -1.16. The first-order valence-electron chi connectivity index (χ1n) is 7.65. The quantitative estimate of drug-likeness (QED) is 0.739. The number of amides is 2. The second-order valence-corrected chi connectivity index (χ2v) is 5.83. The Bertz CT molecular complexity index is 890. The second-order valence-electron chi connectivity index (χ2n) is 5.83. The van der Waals surface area contributed by atoms with Crippen LogP contribution in [0.15, 0.2) is 23.0 Å². The predicted molar refractivity (Wildman–Crippen MR) is 87.5 cm³/mol. The molecule has 2 amide bonds. The van der Waals surface area contributed by atoms with E-state index in [-0.39, 0.29) is 29.2 Å². The lowest BCUT2D eigenvalue weighted by Crippen LogP contribution is -2.48. The maximum absolute atomic E-state index is 13.0. The minimum Gasteiger partial charge on any atom is -0.372 e. The van der Waals surface area contributed by atoms with E-state index in [1.165, 1.54) is 11.5 Å². The molecule has 8 heteroatoms. The van der Waals surface area contributed by atoms with Crippen molar-refractivity contribution in [1.82, 2.24) is 14.9 Å². The molecule has 0 aliphatic carbocycles. The Hall–Kier alpha value is -2.74. The highest BCUT2D eigenvalue weighted by molar-refractivity contribution is 5.99. The van der Waals surface area contributed by atoms with Crippen molar-refractivity contribution >= 4 is 28.4 Å². The van der Waals surface area contributed by atoms with Gasteiger partial charge in [0.1, 0.15) is 12.1 Å². The van der Waals surface area contributed by atoms with Crippen LogP contribution >= 0.6 is 0 Å². The summed E-state index contributed by atoms with van der Waals surface area (Å²) in [6.45, 7) is 3.04. The summed E-state index contributed by atoms with van der Waals surface area (Å²) in [5, 5.41) is 15.5. The van der Waals surface area contributed by atoms with Crippen molar-refractivity contribution in [2.45, 2.75) is 39.0 Å². The molecule has 24 heavy (non-hydrogen) atoms. The molecule has 1 fully saturated rings. The van der Waals surface area contributed by atoms with E-state index in [4.69, 9.17) is 0 Å². The first kappa shape index (κ1) is 16.1. The fourth-order valence-electron chi connectivity index (χ4n) is 3.08. The van der Waals surface area contributed by atoms with Gasteiger partial charge in [0.05, 0.1) is 22.6 Å². The van der Waals surface area contributed by atoms with Crippen molar-refractivity contribution < 1.29 is 14.7 Å². The van der Waals surface area contributed by atoms with Gasteiger partial charge >= 0.3 is 0 Å². The van der Waals surface area contributed by atoms with Crippen LogP contribution in [-0.2, 0) is 9.59 Å². The maximum atomic E-state index is 13.0. The Morgan fingerprint density at radius 1 is 1.42 bits per heavy atom. The van der Waals surface area contributed by atoms with Gasteiger partial charge < -0.3 is 15.7 Å². The lowest BCUT2D eigenvalue weighted by Gasteiger charge is -2.30. The summed E-state index contributed by atoms with van der Waals surface area (Å²) >= 11 is 0. The summed E-state index contributed by atoms with van der Waals surface area (Å²) < 4.78 is 1.39. The number of hydrogen-bond acceptors (Lipinski definition) is 5. The molecule has 0 bridgehead atoms. The van der Waals surface area contributed by atoms with Gasteiger partial charge in [-0.1, -0.05) is 6.07 Å². The summed E-state index contributed by atoms with van der Waals surface area (Å²) in [7, 11) is 0. The molecule has 1 saturated heterocycles. The standard InChI is InChI=1S/C16H18N4O4/c1-8-17-10-4-3-5-11(18-9(2)21)14(10)16(24)20(8)12-6-7-13(22)19-15(12)23/h3-5,12,15,23H,6-7H2,1-2H3,(H,18,21)(H,19,22). The smallest absolute Gasteiger partial charge is 0.263 e. The topological polar surface area (TPSA) is 113 Å². The van der Waals surface area contributed by atoms with Crippen molar-refractivity contribution in [2.24, 2.45) is 0 Å². The van der Waals surface area contributed by atoms with Gasteiger partial charge in [0.2, 0.25) is 11.8 Å². The molecule has 1 aromatic heterocycles. The number of hydrogen-bond donors (Lipinski definition) is 3. The van der Waals surface area contributed by atoms with Crippen LogP contribution in [0.25, 0.3) is 10.9 Å². The van der Waals surface area contributed by atoms with Crippen molar-refractivity contribution in [3.05, 3.63) is 34.4 Å². The third-order valence-electron chi connectivity index (χ3n) is 4.09. The van der Waals surface area contributed by atoms with Gasteiger partial charge in [-0.25, -0.2) is 4.98 Å². The third-order valence-corrected chi connectivity index (χ3v) is 4.09. The first-order valence-corrected chi connectivity index (χ1v) is 7.65. The third kappa shape index (κ3) is 2.76. The van der Waals surface area contributed by atoms with Crippen LogP contribution in [0.2, 0.25) is 0 Å². The van der Waals surface area contributed by atoms with Crippen LogP contribution < -0.4 is 16.2 Å². The van der Waals surface area contributed by atoms with Crippen LogP contribution in [-0.4, -0.2) is 32.7 Å². The molecular weight excluding hydrogens is 312 g/mol. The largest absolute Gasteiger partial charge is 0.372 e. The monoisotopic (exact) mass is 330 g/mol. The molecule has 8 nitrogen and oxygen atoms in total. The second kappa shape index (κ2) is 6.04. The summed E-state index contributed by atoms with van der Waals surface area (Å²) in [6, 6.07) is 4.43. The number of benzene rings is 1. The van der Waals surface area contributed by atoms with Crippen LogP contribution in [0.1, 0.15) is 31.6 Å². The van der Waals surface area contributed by atoms with Crippen LogP contribution in [0.4, 0.5) is 5.69 Å². The molecule has 0 saturated carbocycles. The lowest BCUT2D eigenvalue weighted by atomic mass is 10.0. The zero-order chi connectivity index (χ0) is 17.4. The molecule has 2 aromatic rings. The number of piperidine rings is 1. The highest BCUT2D eigenvalue weighted by atomic mass is 16.3. The summed E-state index contributed by atoms with van der Waals surface area (Å²) in [4.78, 5) is 40.2. The highest BCUT2D eigenvalue weighted by Crippen LogP contribution is 2.24. The minimum absolute atomic E-state index is 0.221. The van der Waals surface area contributed by atoms with E-state index in [0.717, 1.165) is 0 Å². The van der Waals surface area contributed by atoms with Crippen molar-refractivity contribution in [3.8, 4) is 0 Å². The average molecular weight is 330 g/mol. The number of anilines is 1. The molecule has 1 aliphatic heterocycles. The highest BCUT2D eigenvalue weighted by Gasteiger charge is 2.30. The zero-order valence-electron chi connectivity index (χ0n) is 13.4. The SMILES string of the molecule is CC(=O)Nc1cccc2nc(C)n(C3CCC(=O)NC3O)c(=O)c12. The molecule has 1 aliphatic rings. The summed E-state index contributed by atoms with van der Waals surface area (Å²) in [5.74, 6) is -0.108. The average Bonchev–Trinajstić information content (AvgIpc) is 2.48. The number of nitrogens with zero attached hydrogens (tertiary/aromatic N) is 2. The van der Waals surface area contributed by atoms with E-state index in [1.54, 1.807) is 25.1 Å². The number of aliphatic hydroxyl groups is 1. The Balaban J connectivity index is 2.20. The van der Waals surface area contributed by atoms with E-state index in [1.807, 2.05) is 0 Å². The van der Waals surface area contributed by atoms with Crippen LogP contribution in [0, 0.1) is 6.92 Å². The van der Waals surface area contributed by atoms with Gasteiger partial charge in [0.25, 0.3) is 5.56 Å². The molecule has 2 unspecified atom stereocenters. The normalized spacial score (nSPS) is 20.7. The molecule has 3 rings (SSSR count). The number of aromatic nitrogens is 2. The van der Waals surface area contributed by atoms with Crippen molar-refractivity contribution in [1.29, 1.82) is 0 Å². The Labute approximate surface area is 137 Å². The van der Waals surface area contributed by atoms with Gasteiger partial charge in [0.15, 0.2) is 0 Å². The van der Waals surface area contributed by atoms with Crippen LogP contribution in [0.5, 0.6) is 0 Å². The van der Waals surface area contributed by atoms with Crippen LogP contribution in [0.3, 0.4) is 0 Å². The molecule has 2 atom stereocenters. The van der Waals surface area contributed by atoms with E-state index >= 15 is 0 Å². The number of fused-ring (bicyclic) bond motifs is 1. The van der Waals surface area contributed by atoms with Gasteiger partial charge in [0, 0.05) is 13.3 Å². The number of carbonyl (C=O) groups excluding carboxylic acids is 2. The molecule has 2 heterocycles. The maximum Gasteiger partial charge on any atom is 0.263 e. The number of nitrogens with one attached hydrogen (secondary N) is 2. The Kier molecular flexibility index (Phi) is 4.06.